The zero-order valence-electron chi connectivity index (χ0n) is 8.73. The van der Waals surface area contributed by atoms with Gasteiger partial charge in [0.25, 0.3) is 0 Å². The SMILES string of the molecule is COc1cc(C)cc(C(CO)C(=O)O)c1. The molecule has 0 aliphatic carbocycles. The molecule has 0 fully saturated rings. The molecule has 4 heteroatoms. The Morgan fingerprint density at radius 1 is 1.47 bits per heavy atom. The molecule has 0 heterocycles. The molecule has 15 heavy (non-hydrogen) atoms. The molecule has 1 unspecified atom stereocenters. The van der Waals surface area contributed by atoms with E-state index in [0.717, 1.165) is 5.56 Å². The molecule has 0 amide bonds. The van der Waals surface area contributed by atoms with Crippen molar-refractivity contribution in [3.05, 3.63) is 29.3 Å². The Balaban J connectivity index is 3.11. The second-order valence-electron chi connectivity index (χ2n) is 3.36. The summed E-state index contributed by atoms with van der Waals surface area (Å²) < 4.78 is 5.04. The van der Waals surface area contributed by atoms with E-state index in [4.69, 9.17) is 14.9 Å². The summed E-state index contributed by atoms with van der Waals surface area (Å²) in [6, 6.07) is 5.17. The Bertz CT molecular complexity index is 360. The summed E-state index contributed by atoms with van der Waals surface area (Å²) in [6.07, 6.45) is 0. The van der Waals surface area contributed by atoms with Crippen LogP contribution >= 0.6 is 0 Å². The van der Waals surface area contributed by atoms with Gasteiger partial charge in [-0.25, -0.2) is 0 Å². The number of hydrogen-bond acceptors (Lipinski definition) is 3. The highest BCUT2D eigenvalue weighted by molar-refractivity contribution is 5.76. The first-order valence-corrected chi connectivity index (χ1v) is 4.57. The number of carboxylic acids is 1. The van der Waals surface area contributed by atoms with Gasteiger partial charge in [-0.1, -0.05) is 6.07 Å². The van der Waals surface area contributed by atoms with Gasteiger partial charge in [0.1, 0.15) is 11.7 Å². The Hall–Kier alpha value is -1.55. The van der Waals surface area contributed by atoms with Gasteiger partial charge >= 0.3 is 5.97 Å². The van der Waals surface area contributed by atoms with Crippen LogP contribution in [0.3, 0.4) is 0 Å². The minimum Gasteiger partial charge on any atom is -0.497 e. The normalized spacial score (nSPS) is 12.2. The van der Waals surface area contributed by atoms with Crippen LogP contribution in [0.4, 0.5) is 0 Å². The summed E-state index contributed by atoms with van der Waals surface area (Å²) in [4.78, 5) is 10.8. The highest BCUT2D eigenvalue weighted by Gasteiger charge is 2.19. The molecule has 1 rings (SSSR count). The molecular weight excluding hydrogens is 196 g/mol. The van der Waals surface area contributed by atoms with Crippen LogP contribution in [-0.4, -0.2) is 29.9 Å². The van der Waals surface area contributed by atoms with Crippen molar-refractivity contribution in [2.24, 2.45) is 0 Å². The molecule has 0 aromatic heterocycles. The van der Waals surface area contributed by atoms with Crippen LogP contribution < -0.4 is 4.74 Å². The van der Waals surface area contributed by atoms with Crippen LogP contribution in [0.25, 0.3) is 0 Å². The van der Waals surface area contributed by atoms with Crippen molar-refractivity contribution in [2.75, 3.05) is 13.7 Å². The van der Waals surface area contributed by atoms with Gasteiger partial charge in [0, 0.05) is 0 Å². The van der Waals surface area contributed by atoms with Crippen molar-refractivity contribution >= 4 is 5.97 Å². The maximum absolute atomic E-state index is 10.8. The summed E-state index contributed by atoms with van der Waals surface area (Å²) in [5, 5.41) is 17.9. The maximum atomic E-state index is 10.8. The summed E-state index contributed by atoms with van der Waals surface area (Å²) in [6.45, 7) is 1.43. The van der Waals surface area contributed by atoms with Crippen LogP contribution in [0.5, 0.6) is 5.75 Å². The van der Waals surface area contributed by atoms with Gasteiger partial charge in [0.2, 0.25) is 0 Å². The number of hydrogen-bond donors (Lipinski definition) is 2. The standard InChI is InChI=1S/C11H14O4/c1-7-3-8(5-9(4-7)15-2)10(6-12)11(13)14/h3-5,10,12H,6H2,1-2H3,(H,13,14). The highest BCUT2D eigenvalue weighted by Crippen LogP contribution is 2.23. The lowest BCUT2D eigenvalue weighted by Gasteiger charge is -2.12. The first kappa shape index (κ1) is 11.5. The Kier molecular flexibility index (Phi) is 3.68. The first-order chi connectivity index (χ1) is 7.08. The summed E-state index contributed by atoms with van der Waals surface area (Å²) in [5.74, 6) is -1.33. The minimum absolute atomic E-state index is 0.415. The molecule has 2 N–H and O–H groups in total. The van der Waals surface area contributed by atoms with E-state index < -0.39 is 18.5 Å². The zero-order chi connectivity index (χ0) is 11.4. The van der Waals surface area contributed by atoms with Crippen molar-refractivity contribution in [3.63, 3.8) is 0 Å². The molecule has 0 saturated carbocycles. The highest BCUT2D eigenvalue weighted by atomic mass is 16.5. The molecule has 82 valence electrons. The first-order valence-electron chi connectivity index (χ1n) is 4.57. The number of ether oxygens (including phenoxy) is 1. The number of carboxylic acid groups (broad SMARTS) is 1. The number of methoxy groups -OCH3 is 1. The number of aryl methyl sites for hydroxylation is 1. The van der Waals surface area contributed by atoms with Crippen LogP contribution in [0, 0.1) is 6.92 Å². The Morgan fingerprint density at radius 3 is 2.60 bits per heavy atom. The van der Waals surface area contributed by atoms with E-state index in [9.17, 15) is 4.79 Å². The van der Waals surface area contributed by atoms with Crippen LogP contribution in [0.15, 0.2) is 18.2 Å². The predicted octanol–water partition coefficient (Wildman–Crippen LogP) is 1.16. The number of carbonyl (C=O) groups is 1. The third kappa shape index (κ3) is 2.70. The fourth-order valence-corrected chi connectivity index (χ4v) is 1.42. The predicted molar refractivity (Wildman–Crippen MR) is 55.2 cm³/mol. The van der Waals surface area contributed by atoms with E-state index in [1.54, 1.807) is 18.2 Å². The topological polar surface area (TPSA) is 66.8 Å². The van der Waals surface area contributed by atoms with Crippen molar-refractivity contribution in [1.82, 2.24) is 0 Å². The van der Waals surface area contributed by atoms with E-state index in [2.05, 4.69) is 0 Å². The average Bonchev–Trinajstić information content (AvgIpc) is 2.17. The summed E-state index contributed by atoms with van der Waals surface area (Å²) >= 11 is 0. The van der Waals surface area contributed by atoms with Crippen molar-refractivity contribution in [1.29, 1.82) is 0 Å². The second-order valence-corrected chi connectivity index (χ2v) is 3.36. The van der Waals surface area contributed by atoms with Crippen LogP contribution in [0.1, 0.15) is 17.0 Å². The minimum atomic E-state index is -1.04. The number of aliphatic hydroxyl groups excluding tert-OH is 1. The number of benzene rings is 1. The lowest BCUT2D eigenvalue weighted by molar-refractivity contribution is -0.139. The van der Waals surface area contributed by atoms with E-state index >= 15 is 0 Å². The van der Waals surface area contributed by atoms with Gasteiger partial charge in [-0.3, -0.25) is 4.79 Å². The molecule has 0 aliphatic heterocycles. The van der Waals surface area contributed by atoms with Gasteiger partial charge in [0.05, 0.1) is 13.7 Å². The molecule has 0 aliphatic rings. The number of aliphatic hydroxyl groups is 1. The average molecular weight is 210 g/mol. The van der Waals surface area contributed by atoms with Gasteiger partial charge in [-0.15, -0.1) is 0 Å². The van der Waals surface area contributed by atoms with Gasteiger partial charge in [-0.05, 0) is 30.2 Å². The monoisotopic (exact) mass is 210 g/mol. The number of rotatable bonds is 4. The van der Waals surface area contributed by atoms with E-state index in [1.807, 2.05) is 6.92 Å². The number of aliphatic carboxylic acids is 1. The third-order valence-corrected chi connectivity index (χ3v) is 2.19. The molecule has 0 saturated heterocycles. The lowest BCUT2D eigenvalue weighted by Crippen LogP contribution is -2.15. The van der Waals surface area contributed by atoms with Crippen molar-refractivity contribution in [3.8, 4) is 5.75 Å². The van der Waals surface area contributed by atoms with E-state index in [1.165, 1.54) is 7.11 Å². The van der Waals surface area contributed by atoms with Crippen molar-refractivity contribution < 1.29 is 19.7 Å². The molecular formula is C11H14O4. The summed E-state index contributed by atoms with van der Waals surface area (Å²) in [7, 11) is 1.52. The molecule has 0 spiro atoms. The second kappa shape index (κ2) is 4.79. The molecule has 1 atom stereocenters. The van der Waals surface area contributed by atoms with Gasteiger partial charge < -0.3 is 14.9 Å². The van der Waals surface area contributed by atoms with Crippen molar-refractivity contribution in [2.45, 2.75) is 12.8 Å². The lowest BCUT2D eigenvalue weighted by atomic mass is 9.98. The van der Waals surface area contributed by atoms with Crippen LogP contribution in [-0.2, 0) is 4.79 Å². The zero-order valence-corrected chi connectivity index (χ0v) is 8.73. The fourth-order valence-electron chi connectivity index (χ4n) is 1.42. The molecule has 0 radical (unpaired) electrons. The maximum Gasteiger partial charge on any atom is 0.313 e. The molecule has 1 aromatic rings. The quantitative estimate of drug-likeness (QED) is 0.782. The largest absolute Gasteiger partial charge is 0.497 e. The molecule has 0 bridgehead atoms. The molecule has 4 nitrogen and oxygen atoms in total. The smallest absolute Gasteiger partial charge is 0.313 e. The van der Waals surface area contributed by atoms with E-state index in [-0.39, 0.29) is 0 Å². The third-order valence-electron chi connectivity index (χ3n) is 2.19. The Labute approximate surface area is 88.1 Å². The fraction of sp³-hybridized carbons (Fsp3) is 0.364. The summed E-state index contributed by atoms with van der Waals surface area (Å²) in [5.41, 5.74) is 1.46. The van der Waals surface area contributed by atoms with Gasteiger partial charge in [0.15, 0.2) is 0 Å². The Morgan fingerprint density at radius 2 is 2.13 bits per heavy atom. The molecule has 1 aromatic carbocycles. The van der Waals surface area contributed by atoms with E-state index in [0.29, 0.717) is 11.3 Å². The van der Waals surface area contributed by atoms with Gasteiger partial charge in [-0.2, -0.15) is 0 Å². The van der Waals surface area contributed by atoms with Crippen LogP contribution in [0.2, 0.25) is 0 Å².